The second-order valence-corrected chi connectivity index (χ2v) is 4.12. The molecule has 0 radical (unpaired) electrons. The highest BCUT2D eigenvalue weighted by atomic mass is 16.5. The molecule has 3 N–H and O–H groups in total. The van der Waals surface area contributed by atoms with Crippen molar-refractivity contribution in [3.05, 3.63) is 0 Å². The van der Waals surface area contributed by atoms with Gasteiger partial charge in [-0.3, -0.25) is 0 Å². The average molecular weight is 170 g/mol. The zero-order chi connectivity index (χ0) is 8.44. The Morgan fingerprint density at radius 2 is 2.17 bits per heavy atom. The van der Waals surface area contributed by atoms with Crippen molar-refractivity contribution >= 4 is 0 Å². The first kappa shape index (κ1) is 8.48. The fraction of sp³-hybridized carbons (Fsp3) is 1.00. The zero-order valence-corrected chi connectivity index (χ0v) is 7.51. The highest BCUT2D eigenvalue weighted by Crippen LogP contribution is 2.39. The zero-order valence-electron chi connectivity index (χ0n) is 7.51. The minimum absolute atomic E-state index is 0.336. The molecule has 0 unspecified atom stereocenters. The first-order valence-electron chi connectivity index (χ1n) is 4.87. The highest BCUT2D eigenvalue weighted by molar-refractivity contribution is 4.91. The van der Waals surface area contributed by atoms with Crippen LogP contribution in [0.25, 0.3) is 0 Å². The molecule has 2 aliphatic heterocycles. The van der Waals surface area contributed by atoms with E-state index in [1.807, 2.05) is 0 Å². The Bertz CT molecular complexity index is 155. The van der Waals surface area contributed by atoms with Gasteiger partial charge in [-0.1, -0.05) is 0 Å². The minimum Gasteiger partial charge on any atom is -0.376 e. The van der Waals surface area contributed by atoms with Crippen LogP contribution in [0.15, 0.2) is 0 Å². The van der Waals surface area contributed by atoms with Crippen molar-refractivity contribution in [3.8, 4) is 0 Å². The highest BCUT2D eigenvalue weighted by Gasteiger charge is 2.40. The van der Waals surface area contributed by atoms with E-state index in [0.29, 0.717) is 18.1 Å². The average Bonchev–Trinajstić information content (AvgIpc) is 2.50. The molecule has 12 heavy (non-hydrogen) atoms. The third-order valence-corrected chi connectivity index (χ3v) is 3.21. The van der Waals surface area contributed by atoms with E-state index in [4.69, 9.17) is 10.5 Å². The molecule has 0 aromatic carbocycles. The second-order valence-electron chi connectivity index (χ2n) is 4.12. The molecule has 2 fully saturated rings. The summed E-state index contributed by atoms with van der Waals surface area (Å²) in [6.07, 6.45) is 4.06. The summed E-state index contributed by atoms with van der Waals surface area (Å²) in [7, 11) is 0. The van der Waals surface area contributed by atoms with E-state index >= 15 is 0 Å². The summed E-state index contributed by atoms with van der Waals surface area (Å²) in [6.45, 7) is 3.94. The summed E-state index contributed by atoms with van der Waals surface area (Å²) in [6, 6.07) is 0. The number of nitrogens with one attached hydrogen (secondary N) is 1. The summed E-state index contributed by atoms with van der Waals surface area (Å²) >= 11 is 0. The van der Waals surface area contributed by atoms with E-state index in [1.54, 1.807) is 0 Å². The molecular weight excluding hydrogens is 152 g/mol. The summed E-state index contributed by atoms with van der Waals surface area (Å²) in [5.41, 5.74) is 6.06. The molecule has 2 aliphatic rings. The van der Waals surface area contributed by atoms with Crippen LogP contribution >= 0.6 is 0 Å². The van der Waals surface area contributed by atoms with E-state index < -0.39 is 0 Å². The lowest BCUT2D eigenvalue weighted by Crippen LogP contribution is -2.37. The van der Waals surface area contributed by atoms with Crippen molar-refractivity contribution < 1.29 is 4.74 Å². The molecular formula is C9H18N2O. The lowest BCUT2D eigenvalue weighted by molar-refractivity contribution is 0.0906. The SMILES string of the molecule is NC[C@H]1CC2(CCNCC2)CO1. The molecule has 0 amide bonds. The van der Waals surface area contributed by atoms with E-state index in [9.17, 15) is 0 Å². The van der Waals surface area contributed by atoms with Crippen LogP contribution in [0, 0.1) is 5.41 Å². The Kier molecular flexibility index (Phi) is 2.35. The van der Waals surface area contributed by atoms with Crippen LogP contribution in [0.2, 0.25) is 0 Å². The molecule has 1 atom stereocenters. The van der Waals surface area contributed by atoms with Crippen LogP contribution < -0.4 is 11.1 Å². The van der Waals surface area contributed by atoms with E-state index in [2.05, 4.69) is 5.32 Å². The fourth-order valence-electron chi connectivity index (χ4n) is 2.35. The number of rotatable bonds is 1. The largest absolute Gasteiger partial charge is 0.376 e. The summed E-state index contributed by atoms with van der Waals surface area (Å²) < 4.78 is 5.64. The van der Waals surface area contributed by atoms with Crippen molar-refractivity contribution in [3.63, 3.8) is 0 Å². The van der Waals surface area contributed by atoms with Crippen LogP contribution in [0.5, 0.6) is 0 Å². The number of nitrogens with two attached hydrogens (primary N) is 1. The van der Waals surface area contributed by atoms with Gasteiger partial charge in [-0.05, 0) is 37.8 Å². The molecule has 2 saturated heterocycles. The van der Waals surface area contributed by atoms with Gasteiger partial charge in [0.15, 0.2) is 0 Å². The van der Waals surface area contributed by atoms with Crippen molar-refractivity contribution in [1.82, 2.24) is 5.32 Å². The Labute approximate surface area is 73.7 Å². The molecule has 0 bridgehead atoms. The van der Waals surface area contributed by atoms with Gasteiger partial charge in [-0.2, -0.15) is 0 Å². The quantitative estimate of drug-likeness (QED) is 0.587. The molecule has 0 aromatic heterocycles. The van der Waals surface area contributed by atoms with Gasteiger partial charge in [-0.15, -0.1) is 0 Å². The summed E-state index contributed by atoms with van der Waals surface area (Å²) in [5, 5.41) is 3.38. The lowest BCUT2D eigenvalue weighted by Gasteiger charge is -2.32. The topological polar surface area (TPSA) is 47.3 Å². The van der Waals surface area contributed by atoms with Crippen molar-refractivity contribution in [2.45, 2.75) is 25.4 Å². The van der Waals surface area contributed by atoms with Gasteiger partial charge in [-0.25, -0.2) is 0 Å². The Morgan fingerprint density at radius 1 is 1.42 bits per heavy atom. The Morgan fingerprint density at radius 3 is 2.75 bits per heavy atom. The van der Waals surface area contributed by atoms with Crippen LogP contribution in [-0.4, -0.2) is 32.3 Å². The third kappa shape index (κ3) is 1.49. The molecule has 1 spiro atoms. The number of piperidine rings is 1. The van der Waals surface area contributed by atoms with Gasteiger partial charge in [0, 0.05) is 6.54 Å². The smallest absolute Gasteiger partial charge is 0.0703 e. The lowest BCUT2D eigenvalue weighted by atomic mass is 9.77. The van der Waals surface area contributed by atoms with E-state index in [-0.39, 0.29) is 0 Å². The Hall–Kier alpha value is -0.120. The van der Waals surface area contributed by atoms with E-state index in [1.165, 1.54) is 19.3 Å². The molecule has 0 aromatic rings. The predicted octanol–water partition coefficient (Wildman–Crippen LogP) is 0.104. The second kappa shape index (κ2) is 3.32. The van der Waals surface area contributed by atoms with Crippen molar-refractivity contribution in [1.29, 1.82) is 0 Å². The van der Waals surface area contributed by atoms with Gasteiger partial charge in [0.1, 0.15) is 0 Å². The minimum atomic E-state index is 0.336. The monoisotopic (exact) mass is 170 g/mol. The van der Waals surface area contributed by atoms with Gasteiger partial charge in [0.25, 0.3) is 0 Å². The molecule has 2 rings (SSSR count). The van der Waals surface area contributed by atoms with E-state index in [0.717, 1.165) is 19.7 Å². The van der Waals surface area contributed by atoms with Gasteiger partial charge >= 0.3 is 0 Å². The van der Waals surface area contributed by atoms with Crippen molar-refractivity contribution in [2.75, 3.05) is 26.2 Å². The molecule has 3 heteroatoms. The normalized spacial score (nSPS) is 34.2. The Balaban J connectivity index is 1.94. The third-order valence-electron chi connectivity index (χ3n) is 3.21. The molecule has 70 valence electrons. The van der Waals surface area contributed by atoms with Crippen molar-refractivity contribution in [2.24, 2.45) is 11.1 Å². The molecule has 2 heterocycles. The van der Waals surface area contributed by atoms with Gasteiger partial charge in [0.05, 0.1) is 12.7 Å². The first-order valence-corrected chi connectivity index (χ1v) is 4.87. The summed E-state index contributed by atoms with van der Waals surface area (Å²) in [4.78, 5) is 0. The van der Waals surface area contributed by atoms with Crippen LogP contribution in [-0.2, 0) is 4.74 Å². The maximum absolute atomic E-state index is 5.64. The van der Waals surface area contributed by atoms with Crippen LogP contribution in [0.3, 0.4) is 0 Å². The molecule has 0 saturated carbocycles. The summed E-state index contributed by atoms with van der Waals surface area (Å²) in [5.74, 6) is 0. The molecule has 0 aliphatic carbocycles. The van der Waals surface area contributed by atoms with Crippen LogP contribution in [0.4, 0.5) is 0 Å². The van der Waals surface area contributed by atoms with Gasteiger partial charge < -0.3 is 15.8 Å². The standard InChI is InChI=1S/C9H18N2O/c10-6-8-5-9(7-12-8)1-3-11-4-2-9/h8,11H,1-7,10H2/t8-/m1/s1. The fourth-order valence-corrected chi connectivity index (χ4v) is 2.35. The number of hydrogen-bond acceptors (Lipinski definition) is 3. The first-order chi connectivity index (χ1) is 5.85. The number of hydrogen-bond donors (Lipinski definition) is 2. The maximum Gasteiger partial charge on any atom is 0.0703 e. The molecule has 3 nitrogen and oxygen atoms in total. The maximum atomic E-state index is 5.64. The number of ether oxygens (including phenoxy) is 1. The van der Waals surface area contributed by atoms with Crippen LogP contribution in [0.1, 0.15) is 19.3 Å². The predicted molar refractivity (Wildman–Crippen MR) is 47.9 cm³/mol. The van der Waals surface area contributed by atoms with Gasteiger partial charge in [0.2, 0.25) is 0 Å².